The molecule has 0 atom stereocenters. The van der Waals surface area contributed by atoms with Gasteiger partial charge in [0.25, 0.3) is 0 Å². The first kappa shape index (κ1) is 11.3. The molecule has 0 spiro atoms. The number of aromatic nitrogens is 1. The van der Waals surface area contributed by atoms with Gasteiger partial charge < -0.3 is 5.32 Å². The quantitative estimate of drug-likeness (QED) is 0.871. The topological polar surface area (TPSA) is 48.7 Å². The van der Waals surface area contributed by atoms with Crippen LogP contribution in [0.15, 0.2) is 18.3 Å². The summed E-state index contributed by atoms with van der Waals surface area (Å²) in [6.45, 7) is 1.01. The Balaban J connectivity index is 1.86. The molecule has 1 aliphatic rings. The van der Waals surface area contributed by atoms with Gasteiger partial charge >= 0.3 is 0 Å². The van der Waals surface area contributed by atoms with Gasteiger partial charge in [0, 0.05) is 18.4 Å². The van der Waals surface area contributed by atoms with E-state index in [1.54, 1.807) is 12.3 Å². The summed E-state index contributed by atoms with van der Waals surface area (Å²) in [6.07, 6.45) is 4.28. The maximum absolute atomic E-state index is 8.74. The minimum Gasteiger partial charge on any atom is -0.385 e. The Morgan fingerprint density at radius 3 is 3.06 bits per heavy atom. The molecule has 16 heavy (non-hydrogen) atoms. The molecule has 1 fully saturated rings. The van der Waals surface area contributed by atoms with Gasteiger partial charge in [0.2, 0.25) is 0 Å². The number of nitrogens with one attached hydrogen (secondary N) is 1. The van der Waals surface area contributed by atoms with Gasteiger partial charge in [-0.2, -0.15) is 17.0 Å². The van der Waals surface area contributed by atoms with Crippen molar-refractivity contribution in [3.63, 3.8) is 0 Å². The molecule has 0 aliphatic carbocycles. The number of anilines is 1. The summed E-state index contributed by atoms with van der Waals surface area (Å²) >= 11 is 2.05. The Morgan fingerprint density at radius 2 is 2.31 bits per heavy atom. The van der Waals surface area contributed by atoms with Crippen molar-refractivity contribution in [1.82, 2.24) is 4.98 Å². The van der Waals surface area contributed by atoms with Gasteiger partial charge in [-0.15, -0.1) is 0 Å². The van der Waals surface area contributed by atoms with Gasteiger partial charge in [0.05, 0.1) is 0 Å². The van der Waals surface area contributed by atoms with Gasteiger partial charge in [-0.05, 0) is 42.4 Å². The van der Waals surface area contributed by atoms with Crippen LogP contribution in [0.25, 0.3) is 0 Å². The predicted octanol–water partition coefficient (Wildman–Crippen LogP) is 2.51. The van der Waals surface area contributed by atoms with Crippen LogP contribution in [-0.2, 0) is 0 Å². The number of nitriles is 1. The predicted molar refractivity (Wildman–Crippen MR) is 67.5 cm³/mol. The van der Waals surface area contributed by atoms with Crippen LogP contribution in [0.4, 0.5) is 5.69 Å². The van der Waals surface area contributed by atoms with Gasteiger partial charge in [-0.1, -0.05) is 0 Å². The van der Waals surface area contributed by atoms with Crippen LogP contribution in [0.5, 0.6) is 0 Å². The Bertz CT molecular complexity index is 380. The highest BCUT2D eigenvalue weighted by Gasteiger charge is 2.13. The summed E-state index contributed by atoms with van der Waals surface area (Å²) in [7, 11) is 0. The van der Waals surface area contributed by atoms with Crippen LogP contribution >= 0.6 is 11.8 Å². The summed E-state index contributed by atoms with van der Waals surface area (Å²) in [6, 6.07) is 5.77. The fourth-order valence-electron chi connectivity index (χ4n) is 1.81. The highest BCUT2D eigenvalue weighted by molar-refractivity contribution is 7.99. The number of hydrogen-bond acceptors (Lipinski definition) is 4. The normalized spacial score (nSPS) is 16.7. The van der Waals surface area contributed by atoms with E-state index in [2.05, 4.69) is 16.4 Å². The average Bonchev–Trinajstić information content (AvgIpc) is 2.38. The lowest BCUT2D eigenvalue weighted by molar-refractivity contribution is 0.516. The zero-order valence-corrected chi connectivity index (χ0v) is 9.96. The SMILES string of the molecule is N#Cc1cc(NCC2CCSCC2)ccn1. The molecular formula is C12H15N3S. The van der Waals surface area contributed by atoms with Crippen molar-refractivity contribution in [2.75, 3.05) is 23.4 Å². The molecule has 1 N–H and O–H groups in total. The van der Waals surface area contributed by atoms with E-state index in [9.17, 15) is 0 Å². The fraction of sp³-hybridized carbons (Fsp3) is 0.500. The molecule has 0 bridgehead atoms. The summed E-state index contributed by atoms with van der Waals surface area (Å²) in [5.74, 6) is 3.35. The molecule has 1 aliphatic heterocycles. The maximum atomic E-state index is 8.74. The van der Waals surface area contributed by atoms with Crippen LogP contribution in [-0.4, -0.2) is 23.0 Å². The largest absolute Gasteiger partial charge is 0.385 e. The van der Waals surface area contributed by atoms with Crippen molar-refractivity contribution in [3.05, 3.63) is 24.0 Å². The van der Waals surface area contributed by atoms with Crippen LogP contribution in [0.1, 0.15) is 18.5 Å². The van der Waals surface area contributed by atoms with Gasteiger partial charge in [-0.3, -0.25) is 0 Å². The van der Waals surface area contributed by atoms with Crippen molar-refractivity contribution >= 4 is 17.4 Å². The lowest BCUT2D eigenvalue weighted by Gasteiger charge is -2.21. The van der Waals surface area contributed by atoms with E-state index in [0.717, 1.165) is 18.2 Å². The molecule has 0 saturated carbocycles. The first-order chi connectivity index (χ1) is 7.88. The van der Waals surface area contributed by atoms with Crippen LogP contribution < -0.4 is 5.32 Å². The third-order valence-corrected chi connectivity index (χ3v) is 3.86. The van der Waals surface area contributed by atoms with Crippen molar-refractivity contribution < 1.29 is 0 Å². The molecule has 0 radical (unpaired) electrons. The fourth-order valence-corrected chi connectivity index (χ4v) is 3.02. The first-order valence-corrected chi connectivity index (χ1v) is 6.72. The average molecular weight is 233 g/mol. The Kier molecular flexibility index (Phi) is 4.06. The molecule has 4 heteroatoms. The highest BCUT2D eigenvalue weighted by Crippen LogP contribution is 2.23. The number of rotatable bonds is 3. The Hall–Kier alpha value is -1.21. The van der Waals surface area contributed by atoms with Crippen LogP contribution in [0, 0.1) is 17.2 Å². The molecule has 1 aromatic rings. The summed E-state index contributed by atoms with van der Waals surface area (Å²) in [5, 5.41) is 12.1. The molecule has 0 amide bonds. The van der Waals surface area contributed by atoms with Crippen LogP contribution in [0.3, 0.4) is 0 Å². The molecule has 2 rings (SSSR count). The monoisotopic (exact) mass is 233 g/mol. The van der Waals surface area contributed by atoms with Gasteiger partial charge in [0.15, 0.2) is 0 Å². The zero-order valence-electron chi connectivity index (χ0n) is 9.15. The van der Waals surface area contributed by atoms with E-state index in [1.165, 1.54) is 24.3 Å². The molecule has 1 aromatic heterocycles. The van der Waals surface area contributed by atoms with Gasteiger partial charge in [-0.25, -0.2) is 4.98 Å². The minimum atomic E-state index is 0.476. The summed E-state index contributed by atoms with van der Waals surface area (Å²) in [5.41, 5.74) is 1.48. The van der Waals surface area contributed by atoms with E-state index in [4.69, 9.17) is 5.26 Å². The van der Waals surface area contributed by atoms with E-state index in [-0.39, 0.29) is 0 Å². The van der Waals surface area contributed by atoms with Crippen molar-refractivity contribution in [2.24, 2.45) is 5.92 Å². The second-order valence-corrected chi connectivity index (χ2v) is 5.20. The van der Waals surface area contributed by atoms with E-state index >= 15 is 0 Å². The van der Waals surface area contributed by atoms with Crippen molar-refractivity contribution in [2.45, 2.75) is 12.8 Å². The lowest BCUT2D eigenvalue weighted by atomic mass is 10.0. The smallest absolute Gasteiger partial charge is 0.142 e. The van der Waals surface area contributed by atoms with Gasteiger partial charge in [0.1, 0.15) is 11.8 Å². The zero-order chi connectivity index (χ0) is 11.2. The molecule has 2 heterocycles. The molecular weight excluding hydrogens is 218 g/mol. The highest BCUT2D eigenvalue weighted by atomic mass is 32.2. The minimum absolute atomic E-state index is 0.476. The van der Waals surface area contributed by atoms with Crippen molar-refractivity contribution in [3.8, 4) is 6.07 Å². The lowest BCUT2D eigenvalue weighted by Crippen LogP contribution is -2.19. The molecule has 84 valence electrons. The molecule has 0 unspecified atom stereocenters. The summed E-state index contributed by atoms with van der Waals surface area (Å²) in [4.78, 5) is 3.95. The first-order valence-electron chi connectivity index (χ1n) is 5.56. The Morgan fingerprint density at radius 1 is 1.50 bits per heavy atom. The molecule has 3 nitrogen and oxygen atoms in total. The second-order valence-electron chi connectivity index (χ2n) is 3.98. The van der Waals surface area contributed by atoms with Crippen LogP contribution in [0.2, 0.25) is 0 Å². The Labute approximate surface area is 100 Å². The molecule has 0 aromatic carbocycles. The number of pyridine rings is 1. The van der Waals surface area contributed by atoms with Crippen molar-refractivity contribution in [1.29, 1.82) is 5.26 Å². The maximum Gasteiger partial charge on any atom is 0.142 e. The third-order valence-electron chi connectivity index (χ3n) is 2.81. The summed E-state index contributed by atoms with van der Waals surface area (Å²) < 4.78 is 0. The third kappa shape index (κ3) is 3.14. The standard InChI is InChI=1S/C12H15N3S/c13-8-12-7-11(1-4-14-12)15-9-10-2-5-16-6-3-10/h1,4,7,10H,2-3,5-6,9H2,(H,14,15). The second kappa shape index (κ2) is 5.76. The molecule has 1 saturated heterocycles. The van der Waals surface area contributed by atoms with E-state index in [0.29, 0.717) is 5.69 Å². The number of hydrogen-bond donors (Lipinski definition) is 1. The number of thioether (sulfide) groups is 1. The number of nitrogens with zero attached hydrogens (tertiary/aromatic N) is 2. The van der Waals surface area contributed by atoms with E-state index in [1.807, 2.05) is 17.8 Å². The van der Waals surface area contributed by atoms with E-state index < -0.39 is 0 Å².